The van der Waals surface area contributed by atoms with Gasteiger partial charge in [-0.3, -0.25) is 4.79 Å². The molecule has 0 saturated heterocycles. The van der Waals surface area contributed by atoms with Crippen molar-refractivity contribution in [3.8, 4) is 0 Å². The molecule has 7 heteroatoms. The van der Waals surface area contributed by atoms with E-state index in [2.05, 4.69) is 38.4 Å². The number of carbonyl (C=O) groups is 1. The summed E-state index contributed by atoms with van der Waals surface area (Å²) in [6, 6.07) is 15.6. The van der Waals surface area contributed by atoms with Crippen molar-refractivity contribution in [1.29, 1.82) is 0 Å². The van der Waals surface area contributed by atoms with Crippen LogP contribution < -0.4 is 10.6 Å². The van der Waals surface area contributed by atoms with Crippen LogP contribution in [0.4, 0.5) is 11.4 Å². The number of amides is 1. The fourth-order valence-corrected chi connectivity index (χ4v) is 2.88. The van der Waals surface area contributed by atoms with Crippen molar-refractivity contribution in [2.45, 2.75) is 13.0 Å². The summed E-state index contributed by atoms with van der Waals surface area (Å²) >= 11 is 7.32. The predicted octanol–water partition coefficient (Wildman–Crippen LogP) is 4.62. The molecule has 1 atom stereocenters. The molecule has 0 spiro atoms. The van der Waals surface area contributed by atoms with Crippen LogP contribution >= 0.6 is 23.3 Å². The van der Waals surface area contributed by atoms with Crippen LogP contribution in [-0.2, 0) is 0 Å². The van der Waals surface area contributed by atoms with Gasteiger partial charge in [-0.25, -0.2) is 0 Å². The summed E-state index contributed by atoms with van der Waals surface area (Å²) < 4.78 is 7.71. The van der Waals surface area contributed by atoms with Crippen LogP contribution in [-0.4, -0.2) is 14.7 Å². The Kier molecular flexibility index (Phi) is 5.08. The third kappa shape index (κ3) is 3.90. The van der Waals surface area contributed by atoms with Gasteiger partial charge in [0.05, 0.1) is 28.6 Å². The molecule has 3 rings (SSSR count). The SMILES string of the molecule is CC(Nc1ccc(NC(=O)c2cnsn2)cc1Cl)c1ccccc1. The average Bonchev–Trinajstić information content (AvgIpc) is 3.13. The van der Waals surface area contributed by atoms with Crippen LogP contribution in [0.25, 0.3) is 0 Å². The van der Waals surface area contributed by atoms with E-state index >= 15 is 0 Å². The van der Waals surface area contributed by atoms with Crippen molar-refractivity contribution in [3.05, 3.63) is 71.0 Å². The topological polar surface area (TPSA) is 66.9 Å². The molecule has 0 aliphatic rings. The van der Waals surface area contributed by atoms with Gasteiger partial charge in [-0.1, -0.05) is 41.9 Å². The van der Waals surface area contributed by atoms with E-state index in [-0.39, 0.29) is 17.6 Å². The molecule has 0 aliphatic carbocycles. The van der Waals surface area contributed by atoms with Gasteiger partial charge in [-0.15, -0.1) is 0 Å². The maximum Gasteiger partial charge on any atom is 0.277 e. The molecule has 5 nitrogen and oxygen atoms in total. The molecular weight excluding hydrogens is 344 g/mol. The molecule has 2 N–H and O–H groups in total. The molecule has 0 radical (unpaired) electrons. The average molecular weight is 359 g/mol. The van der Waals surface area contributed by atoms with Gasteiger partial charge in [0, 0.05) is 11.7 Å². The van der Waals surface area contributed by atoms with Gasteiger partial charge < -0.3 is 10.6 Å². The largest absolute Gasteiger partial charge is 0.377 e. The Morgan fingerprint density at radius 3 is 2.67 bits per heavy atom. The van der Waals surface area contributed by atoms with E-state index in [0.717, 1.165) is 17.4 Å². The van der Waals surface area contributed by atoms with Gasteiger partial charge >= 0.3 is 0 Å². The van der Waals surface area contributed by atoms with E-state index < -0.39 is 0 Å². The fourth-order valence-electron chi connectivity index (χ4n) is 2.23. The Labute approximate surface area is 149 Å². The smallest absolute Gasteiger partial charge is 0.277 e. The van der Waals surface area contributed by atoms with Crippen molar-refractivity contribution in [2.75, 3.05) is 10.6 Å². The number of nitrogens with one attached hydrogen (secondary N) is 2. The van der Waals surface area contributed by atoms with Crippen LogP contribution in [0.5, 0.6) is 0 Å². The second-order valence-corrected chi connectivity index (χ2v) is 6.18. The summed E-state index contributed by atoms with van der Waals surface area (Å²) in [6.07, 6.45) is 1.43. The van der Waals surface area contributed by atoms with Gasteiger partial charge in [0.15, 0.2) is 5.69 Å². The molecule has 122 valence electrons. The second-order valence-electron chi connectivity index (χ2n) is 5.22. The number of nitrogens with zero attached hydrogens (tertiary/aromatic N) is 2. The third-order valence-corrected chi connectivity index (χ3v) is 4.28. The highest BCUT2D eigenvalue weighted by atomic mass is 35.5. The first-order valence-electron chi connectivity index (χ1n) is 7.33. The quantitative estimate of drug-likeness (QED) is 0.698. The standard InChI is InChI=1S/C17H15ClN4OS/c1-11(12-5-3-2-4-6-12)20-15-8-7-13(9-14(15)18)21-17(23)16-10-19-24-22-16/h2-11,20H,1H3,(H,21,23). The zero-order chi connectivity index (χ0) is 16.9. The summed E-state index contributed by atoms with van der Waals surface area (Å²) in [5.41, 5.74) is 2.87. The molecule has 0 saturated carbocycles. The van der Waals surface area contributed by atoms with Crippen LogP contribution in [0.3, 0.4) is 0 Å². The zero-order valence-corrected chi connectivity index (χ0v) is 14.4. The number of anilines is 2. The van der Waals surface area contributed by atoms with Gasteiger partial charge in [0.2, 0.25) is 0 Å². The summed E-state index contributed by atoms with van der Waals surface area (Å²) in [6.45, 7) is 2.07. The Bertz CT molecular complexity index is 824. The molecule has 3 aromatic rings. The summed E-state index contributed by atoms with van der Waals surface area (Å²) in [4.78, 5) is 12.0. The van der Waals surface area contributed by atoms with Gasteiger partial charge in [0.25, 0.3) is 5.91 Å². The highest BCUT2D eigenvalue weighted by molar-refractivity contribution is 6.99. The lowest BCUT2D eigenvalue weighted by atomic mass is 10.1. The van der Waals surface area contributed by atoms with Crippen LogP contribution in [0.15, 0.2) is 54.7 Å². The first-order chi connectivity index (χ1) is 11.6. The van der Waals surface area contributed by atoms with Crippen molar-refractivity contribution < 1.29 is 4.79 Å². The fraction of sp³-hybridized carbons (Fsp3) is 0.118. The Morgan fingerprint density at radius 2 is 2.00 bits per heavy atom. The van der Waals surface area contributed by atoms with Crippen molar-refractivity contribution >= 4 is 40.6 Å². The van der Waals surface area contributed by atoms with Gasteiger partial charge in [-0.2, -0.15) is 8.75 Å². The minimum atomic E-state index is -0.307. The summed E-state index contributed by atoms with van der Waals surface area (Å²) in [7, 11) is 0. The molecule has 0 fully saturated rings. The van der Waals surface area contributed by atoms with Crippen molar-refractivity contribution in [3.63, 3.8) is 0 Å². The van der Waals surface area contributed by atoms with E-state index in [1.807, 2.05) is 24.3 Å². The van der Waals surface area contributed by atoms with E-state index in [0.29, 0.717) is 10.7 Å². The molecule has 0 aliphatic heterocycles. The van der Waals surface area contributed by atoms with E-state index in [1.165, 1.54) is 11.8 Å². The Balaban J connectivity index is 1.69. The second kappa shape index (κ2) is 7.42. The summed E-state index contributed by atoms with van der Waals surface area (Å²) in [5, 5.41) is 6.65. The van der Waals surface area contributed by atoms with Gasteiger partial charge in [0.1, 0.15) is 0 Å². The minimum Gasteiger partial charge on any atom is -0.377 e. The Morgan fingerprint density at radius 1 is 1.21 bits per heavy atom. The number of rotatable bonds is 5. The first-order valence-corrected chi connectivity index (χ1v) is 8.44. The third-order valence-electron chi connectivity index (χ3n) is 3.49. The number of hydrogen-bond acceptors (Lipinski definition) is 5. The minimum absolute atomic E-state index is 0.116. The maximum absolute atomic E-state index is 12.0. The van der Waals surface area contributed by atoms with E-state index in [1.54, 1.807) is 12.1 Å². The number of hydrogen-bond donors (Lipinski definition) is 2. The molecule has 1 unspecified atom stereocenters. The van der Waals surface area contributed by atoms with Crippen LogP contribution in [0.1, 0.15) is 29.0 Å². The van der Waals surface area contributed by atoms with E-state index in [9.17, 15) is 4.79 Å². The number of benzene rings is 2. The van der Waals surface area contributed by atoms with Crippen molar-refractivity contribution in [1.82, 2.24) is 8.75 Å². The number of aromatic nitrogens is 2. The van der Waals surface area contributed by atoms with Gasteiger partial charge in [-0.05, 0) is 30.7 Å². The van der Waals surface area contributed by atoms with Crippen LogP contribution in [0, 0.1) is 0 Å². The lowest BCUT2D eigenvalue weighted by Gasteiger charge is -2.17. The molecule has 1 amide bonds. The lowest BCUT2D eigenvalue weighted by Crippen LogP contribution is -2.12. The summed E-state index contributed by atoms with van der Waals surface area (Å²) in [5.74, 6) is -0.307. The highest BCUT2D eigenvalue weighted by Gasteiger charge is 2.11. The molecule has 24 heavy (non-hydrogen) atoms. The molecule has 1 heterocycles. The number of halogens is 1. The van der Waals surface area contributed by atoms with Crippen molar-refractivity contribution in [2.24, 2.45) is 0 Å². The first kappa shape index (κ1) is 16.4. The lowest BCUT2D eigenvalue weighted by molar-refractivity contribution is 0.102. The molecule has 2 aromatic carbocycles. The maximum atomic E-state index is 12.0. The number of carbonyl (C=O) groups excluding carboxylic acids is 1. The Hall–Kier alpha value is -2.44. The zero-order valence-electron chi connectivity index (χ0n) is 12.9. The highest BCUT2D eigenvalue weighted by Crippen LogP contribution is 2.29. The monoisotopic (exact) mass is 358 g/mol. The molecule has 1 aromatic heterocycles. The predicted molar refractivity (Wildman–Crippen MR) is 97.8 cm³/mol. The molecular formula is C17H15ClN4OS. The van der Waals surface area contributed by atoms with E-state index in [4.69, 9.17) is 11.6 Å². The normalized spacial score (nSPS) is 11.8. The van der Waals surface area contributed by atoms with Crippen LogP contribution in [0.2, 0.25) is 5.02 Å². The molecule has 0 bridgehead atoms.